The van der Waals surface area contributed by atoms with E-state index >= 15 is 0 Å². The predicted molar refractivity (Wildman–Crippen MR) is 120 cm³/mol. The number of hydrogen-bond donors (Lipinski definition) is 2. The van der Waals surface area contributed by atoms with E-state index in [-0.39, 0.29) is 28.4 Å². The summed E-state index contributed by atoms with van der Waals surface area (Å²) in [6.07, 6.45) is -1.12. The van der Waals surface area contributed by atoms with E-state index in [4.69, 9.17) is 17.3 Å². The molecule has 8 nitrogen and oxygen atoms in total. The third-order valence-corrected chi connectivity index (χ3v) is 5.83. The van der Waals surface area contributed by atoms with Crippen LogP contribution in [0.3, 0.4) is 0 Å². The zero-order valence-corrected chi connectivity index (χ0v) is 18.5. The lowest BCUT2D eigenvalue weighted by Gasteiger charge is -2.32. The van der Waals surface area contributed by atoms with E-state index in [2.05, 4.69) is 15.4 Å². The molecule has 1 aromatic carbocycles. The van der Waals surface area contributed by atoms with Gasteiger partial charge in [-0.2, -0.15) is 18.3 Å². The molecule has 0 bridgehead atoms. The average molecular weight is 493 g/mol. The second-order valence-corrected chi connectivity index (χ2v) is 8.24. The molecule has 0 atom stereocenters. The molecule has 178 valence electrons. The standard InChI is InChI=1S/C22H20ClF3N6O2/c23-17-11-14(22(24,25)26)12-28-20(17)31-8-5-13(6-9-31)21(34)29-15-1-3-16(4-2-15)32-10-7-18(30-32)19(27)33/h1-4,7,10-13H,5-6,8-9H2,(H2,27,33)(H,29,34). The van der Waals surface area contributed by atoms with Crippen molar-refractivity contribution in [1.82, 2.24) is 14.8 Å². The number of amides is 2. The van der Waals surface area contributed by atoms with E-state index in [0.29, 0.717) is 37.3 Å². The van der Waals surface area contributed by atoms with Gasteiger partial charge in [0.15, 0.2) is 0 Å². The van der Waals surface area contributed by atoms with Crippen LogP contribution in [-0.2, 0) is 11.0 Å². The second kappa shape index (κ2) is 9.34. The van der Waals surface area contributed by atoms with Gasteiger partial charge in [0.1, 0.15) is 11.5 Å². The van der Waals surface area contributed by atoms with E-state index in [0.717, 1.165) is 12.3 Å². The maximum absolute atomic E-state index is 12.8. The number of halogens is 4. The molecule has 1 fully saturated rings. The van der Waals surface area contributed by atoms with Crippen molar-refractivity contribution in [3.05, 3.63) is 65.1 Å². The van der Waals surface area contributed by atoms with E-state index < -0.39 is 17.6 Å². The van der Waals surface area contributed by atoms with Crippen LogP contribution in [-0.4, -0.2) is 39.7 Å². The molecule has 1 aliphatic heterocycles. The predicted octanol–water partition coefficient (Wildman–Crippen LogP) is 3.89. The minimum absolute atomic E-state index is 0.0713. The summed E-state index contributed by atoms with van der Waals surface area (Å²) in [5.74, 6) is -0.741. The van der Waals surface area contributed by atoms with Gasteiger partial charge >= 0.3 is 6.18 Å². The number of piperidine rings is 1. The fourth-order valence-electron chi connectivity index (χ4n) is 3.71. The van der Waals surface area contributed by atoms with Crippen molar-refractivity contribution in [3.63, 3.8) is 0 Å². The van der Waals surface area contributed by atoms with Gasteiger partial charge in [0.2, 0.25) is 5.91 Å². The number of carbonyl (C=O) groups excluding carboxylic acids is 2. The Hall–Kier alpha value is -3.60. The zero-order chi connectivity index (χ0) is 24.5. The lowest BCUT2D eigenvalue weighted by Crippen LogP contribution is -2.38. The highest BCUT2D eigenvalue weighted by molar-refractivity contribution is 6.33. The number of primary amides is 1. The molecule has 3 N–H and O–H groups in total. The number of benzene rings is 1. The first kappa shape index (κ1) is 23.6. The maximum Gasteiger partial charge on any atom is 0.417 e. The molecule has 3 aromatic rings. The molecular formula is C22H20ClF3N6O2. The topological polar surface area (TPSA) is 106 Å². The van der Waals surface area contributed by atoms with Crippen molar-refractivity contribution in [2.75, 3.05) is 23.3 Å². The Bertz CT molecular complexity index is 1200. The summed E-state index contributed by atoms with van der Waals surface area (Å²) in [6.45, 7) is 0.882. The number of nitrogens with two attached hydrogens (primary N) is 1. The fraction of sp³-hybridized carbons (Fsp3) is 0.273. The van der Waals surface area contributed by atoms with Gasteiger partial charge in [0.05, 0.1) is 16.3 Å². The normalized spacial score (nSPS) is 14.8. The maximum atomic E-state index is 12.8. The number of nitrogens with one attached hydrogen (secondary N) is 1. The van der Waals surface area contributed by atoms with Crippen molar-refractivity contribution in [2.45, 2.75) is 19.0 Å². The molecule has 1 saturated heterocycles. The molecule has 2 aromatic heterocycles. The summed E-state index contributed by atoms with van der Waals surface area (Å²) in [6, 6.07) is 9.31. The highest BCUT2D eigenvalue weighted by Gasteiger charge is 2.33. The molecule has 0 saturated carbocycles. The Kier molecular flexibility index (Phi) is 6.47. The minimum atomic E-state index is -4.51. The summed E-state index contributed by atoms with van der Waals surface area (Å²) < 4.78 is 40.0. The first-order valence-electron chi connectivity index (χ1n) is 10.4. The summed E-state index contributed by atoms with van der Waals surface area (Å²) in [5.41, 5.74) is 5.76. The monoisotopic (exact) mass is 492 g/mol. The molecule has 34 heavy (non-hydrogen) atoms. The van der Waals surface area contributed by atoms with Crippen molar-refractivity contribution in [1.29, 1.82) is 0 Å². The molecule has 1 aliphatic rings. The van der Waals surface area contributed by atoms with Gasteiger partial charge in [-0.25, -0.2) is 9.67 Å². The average Bonchev–Trinajstić information content (AvgIpc) is 3.30. The van der Waals surface area contributed by atoms with Crippen molar-refractivity contribution in [3.8, 4) is 5.69 Å². The summed E-state index contributed by atoms with van der Waals surface area (Å²) in [7, 11) is 0. The van der Waals surface area contributed by atoms with Crippen LogP contribution in [0.4, 0.5) is 24.7 Å². The Morgan fingerprint density at radius 2 is 1.79 bits per heavy atom. The Balaban J connectivity index is 1.33. The number of pyridine rings is 1. The quantitative estimate of drug-likeness (QED) is 0.562. The van der Waals surface area contributed by atoms with Gasteiger partial charge < -0.3 is 16.0 Å². The highest BCUT2D eigenvalue weighted by atomic mass is 35.5. The SMILES string of the molecule is NC(=O)c1ccn(-c2ccc(NC(=O)C3CCN(c4ncc(C(F)(F)F)cc4Cl)CC3)cc2)n1. The molecule has 0 unspecified atom stereocenters. The third kappa shape index (κ3) is 5.14. The van der Waals surface area contributed by atoms with E-state index in [1.54, 1.807) is 35.4 Å². The number of nitrogens with zero attached hydrogens (tertiary/aromatic N) is 4. The van der Waals surface area contributed by atoms with E-state index in [1.807, 2.05) is 0 Å². The number of aromatic nitrogens is 3. The molecule has 4 rings (SSSR count). The molecule has 12 heteroatoms. The van der Waals surface area contributed by atoms with Crippen LogP contribution in [0.25, 0.3) is 5.69 Å². The van der Waals surface area contributed by atoms with Gasteiger partial charge in [0.25, 0.3) is 5.91 Å². The number of hydrogen-bond acceptors (Lipinski definition) is 5. The Morgan fingerprint density at radius 1 is 1.12 bits per heavy atom. The van der Waals surface area contributed by atoms with Gasteiger partial charge in [-0.05, 0) is 49.2 Å². The second-order valence-electron chi connectivity index (χ2n) is 7.83. The molecule has 0 radical (unpaired) electrons. The smallest absolute Gasteiger partial charge is 0.364 e. The minimum Gasteiger partial charge on any atom is -0.364 e. The number of rotatable bonds is 5. The fourth-order valence-corrected chi connectivity index (χ4v) is 4.00. The number of alkyl halides is 3. The molecule has 2 amide bonds. The van der Waals surface area contributed by atoms with Crippen molar-refractivity contribution < 1.29 is 22.8 Å². The van der Waals surface area contributed by atoms with Gasteiger partial charge in [-0.15, -0.1) is 0 Å². The van der Waals surface area contributed by atoms with Crippen LogP contribution in [0.15, 0.2) is 48.8 Å². The lowest BCUT2D eigenvalue weighted by molar-refractivity contribution is -0.137. The van der Waals surface area contributed by atoms with E-state index in [1.165, 1.54) is 10.7 Å². The molecule has 0 aliphatic carbocycles. The first-order valence-corrected chi connectivity index (χ1v) is 10.7. The zero-order valence-electron chi connectivity index (χ0n) is 17.7. The van der Waals surface area contributed by atoms with Crippen molar-refractivity contribution in [2.24, 2.45) is 11.7 Å². The van der Waals surface area contributed by atoms with Crippen LogP contribution in [0.5, 0.6) is 0 Å². The lowest BCUT2D eigenvalue weighted by atomic mass is 9.95. The van der Waals surface area contributed by atoms with Gasteiger partial charge in [-0.3, -0.25) is 9.59 Å². The van der Waals surface area contributed by atoms with Crippen LogP contribution >= 0.6 is 11.6 Å². The van der Waals surface area contributed by atoms with Crippen LogP contribution in [0, 0.1) is 5.92 Å². The van der Waals surface area contributed by atoms with Crippen LogP contribution < -0.4 is 16.0 Å². The first-order chi connectivity index (χ1) is 16.1. The van der Waals surface area contributed by atoms with Crippen LogP contribution in [0.1, 0.15) is 28.9 Å². The third-order valence-electron chi connectivity index (χ3n) is 5.56. The summed E-state index contributed by atoms with van der Waals surface area (Å²) in [4.78, 5) is 29.6. The van der Waals surface area contributed by atoms with Gasteiger partial charge in [0, 0.05) is 37.1 Å². The van der Waals surface area contributed by atoms with Crippen molar-refractivity contribution >= 4 is 34.9 Å². The molecular weight excluding hydrogens is 473 g/mol. The Morgan fingerprint density at radius 3 is 2.35 bits per heavy atom. The van der Waals surface area contributed by atoms with Gasteiger partial charge in [-0.1, -0.05) is 11.6 Å². The highest BCUT2D eigenvalue weighted by Crippen LogP contribution is 2.34. The summed E-state index contributed by atoms with van der Waals surface area (Å²) >= 11 is 6.04. The Labute approximate surface area is 197 Å². The molecule has 3 heterocycles. The molecule has 0 spiro atoms. The van der Waals surface area contributed by atoms with E-state index in [9.17, 15) is 22.8 Å². The van der Waals surface area contributed by atoms with Crippen LogP contribution in [0.2, 0.25) is 5.02 Å². The summed E-state index contributed by atoms with van der Waals surface area (Å²) in [5, 5.41) is 6.88. The number of anilines is 2. The number of carbonyl (C=O) groups is 2. The largest absolute Gasteiger partial charge is 0.417 e.